The standard InChI is InChI=1S/C22H22N4O4S2/c1-11-23-15-9-19(29-5)17(27-3)7-13(15)21(25-11)31-32-22-14-8-18(28-4)20(30-6)10-16(14)24-12(2)26-22/h7-10H,1-6H3. The molecule has 2 heterocycles. The zero-order valence-corrected chi connectivity index (χ0v) is 20.2. The van der Waals surface area contributed by atoms with Crippen LogP contribution in [-0.4, -0.2) is 48.4 Å². The Bertz CT molecular complexity index is 1220. The van der Waals surface area contributed by atoms with Crippen LogP contribution in [0.1, 0.15) is 11.6 Å². The van der Waals surface area contributed by atoms with Crippen molar-refractivity contribution in [2.75, 3.05) is 28.4 Å². The van der Waals surface area contributed by atoms with Crippen LogP contribution in [0.5, 0.6) is 23.0 Å². The van der Waals surface area contributed by atoms with E-state index in [0.717, 1.165) is 31.9 Å². The van der Waals surface area contributed by atoms with Crippen LogP contribution >= 0.6 is 21.6 Å². The first-order chi connectivity index (χ1) is 15.5. The number of fused-ring (bicyclic) bond motifs is 2. The summed E-state index contributed by atoms with van der Waals surface area (Å²) in [6, 6.07) is 7.51. The zero-order valence-electron chi connectivity index (χ0n) is 18.5. The molecule has 10 heteroatoms. The van der Waals surface area contributed by atoms with E-state index < -0.39 is 0 Å². The summed E-state index contributed by atoms with van der Waals surface area (Å²) in [5.74, 6) is 3.84. The van der Waals surface area contributed by atoms with Crippen LogP contribution < -0.4 is 18.9 Å². The number of ether oxygens (including phenoxy) is 4. The van der Waals surface area contributed by atoms with Crippen LogP contribution in [0.25, 0.3) is 21.8 Å². The van der Waals surface area contributed by atoms with E-state index in [1.165, 1.54) is 21.6 Å². The van der Waals surface area contributed by atoms with Gasteiger partial charge in [0.15, 0.2) is 23.0 Å². The SMILES string of the molecule is COc1cc2nc(C)nc(SSc3nc(C)nc4cc(OC)c(OC)cc34)c2cc1OC. The maximum Gasteiger partial charge on any atom is 0.162 e. The maximum atomic E-state index is 5.47. The molecular weight excluding hydrogens is 448 g/mol. The molecule has 0 amide bonds. The van der Waals surface area contributed by atoms with E-state index in [4.69, 9.17) is 18.9 Å². The summed E-state index contributed by atoms with van der Waals surface area (Å²) >= 11 is 0. The summed E-state index contributed by atoms with van der Waals surface area (Å²) in [5, 5.41) is 3.37. The van der Waals surface area contributed by atoms with Crippen molar-refractivity contribution in [2.45, 2.75) is 23.9 Å². The normalized spacial score (nSPS) is 11.1. The highest BCUT2D eigenvalue weighted by Crippen LogP contribution is 2.44. The quantitative estimate of drug-likeness (QED) is 0.271. The molecule has 0 saturated carbocycles. The average molecular weight is 471 g/mol. The highest BCUT2D eigenvalue weighted by Gasteiger charge is 2.16. The molecule has 8 nitrogen and oxygen atoms in total. The monoisotopic (exact) mass is 470 g/mol. The smallest absolute Gasteiger partial charge is 0.162 e. The van der Waals surface area contributed by atoms with Crippen LogP contribution in [0, 0.1) is 13.8 Å². The molecule has 2 aromatic carbocycles. The van der Waals surface area contributed by atoms with Gasteiger partial charge in [-0.1, -0.05) is 0 Å². The Morgan fingerprint density at radius 3 is 1.22 bits per heavy atom. The van der Waals surface area contributed by atoms with Crippen LogP contribution in [0.3, 0.4) is 0 Å². The predicted molar refractivity (Wildman–Crippen MR) is 126 cm³/mol. The molecule has 0 radical (unpaired) electrons. The number of methoxy groups -OCH3 is 4. The third kappa shape index (κ3) is 4.20. The van der Waals surface area contributed by atoms with Crippen molar-refractivity contribution in [2.24, 2.45) is 0 Å². The Labute approximate surface area is 193 Å². The van der Waals surface area contributed by atoms with E-state index >= 15 is 0 Å². The molecule has 4 rings (SSSR count). The number of rotatable bonds is 7. The largest absolute Gasteiger partial charge is 0.493 e. The number of hydrogen-bond donors (Lipinski definition) is 0. The third-order valence-corrected chi connectivity index (χ3v) is 6.97. The van der Waals surface area contributed by atoms with Gasteiger partial charge in [-0.15, -0.1) is 0 Å². The minimum absolute atomic E-state index is 0.625. The molecule has 166 valence electrons. The second-order valence-corrected chi connectivity index (χ2v) is 8.87. The zero-order chi connectivity index (χ0) is 22.8. The highest BCUT2D eigenvalue weighted by atomic mass is 33.1. The summed E-state index contributed by atoms with van der Waals surface area (Å²) in [6.07, 6.45) is 0. The molecule has 0 saturated heterocycles. The Balaban J connectivity index is 1.78. The van der Waals surface area contributed by atoms with Crippen molar-refractivity contribution in [3.05, 3.63) is 35.9 Å². The second kappa shape index (κ2) is 9.25. The van der Waals surface area contributed by atoms with Gasteiger partial charge in [-0.3, -0.25) is 0 Å². The molecule has 0 bridgehead atoms. The number of aromatic nitrogens is 4. The fraction of sp³-hybridized carbons (Fsp3) is 0.273. The Hall–Kier alpha value is -2.98. The second-order valence-electron chi connectivity index (χ2n) is 6.77. The number of benzene rings is 2. The molecule has 2 aromatic heterocycles. The van der Waals surface area contributed by atoms with Crippen LogP contribution in [-0.2, 0) is 0 Å². The van der Waals surface area contributed by atoms with Crippen LogP contribution in [0.4, 0.5) is 0 Å². The number of nitrogens with zero attached hydrogens (tertiary/aromatic N) is 4. The minimum Gasteiger partial charge on any atom is -0.493 e. The van der Waals surface area contributed by atoms with Gasteiger partial charge in [0.1, 0.15) is 21.7 Å². The predicted octanol–water partition coefficient (Wildman–Crippen LogP) is 5.02. The molecule has 0 spiro atoms. The Kier molecular flexibility index (Phi) is 6.43. The van der Waals surface area contributed by atoms with E-state index in [0.29, 0.717) is 34.6 Å². The van der Waals surface area contributed by atoms with Gasteiger partial charge in [0.2, 0.25) is 0 Å². The van der Waals surface area contributed by atoms with Gasteiger partial charge in [0, 0.05) is 22.9 Å². The molecule has 0 atom stereocenters. The van der Waals surface area contributed by atoms with Gasteiger partial charge in [0.05, 0.1) is 39.5 Å². The third-order valence-electron chi connectivity index (χ3n) is 4.76. The Morgan fingerprint density at radius 1 is 0.531 bits per heavy atom. The molecule has 0 aliphatic heterocycles. The molecule has 0 N–H and O–H groups in total. The van der Waals surface area contributed by atoms with Crippen molar-refractivity contribution in [3.63, 3.8) is 0 Å². The summed E-state index contributed by atoms with van der Waals surface area (Å²) in [7, 11) is 9.44. The van der Waals surface area contributed by atoms with Crippen LogP contribution in [0.2, 0.25) is 0 Å². The molecule has 4 aromatic rings. The lowest BCUT2D eigenvalue weighted by molar-refractivity contribution is 0.355. The molecule has 0 fully saturated rings. The van der Waals surface area contributed by atoms with Crippen LogP contribution in [0.15, 0.2) is 34.3 Å². The molecule has 0 aliphatic carbocycles. The lowest BCUT2D eigenvalue weighted by atomic mass is 10.2. The van der Waals surface area contributed by atoms with Gasteiger partial charge in [0.25, 0.3) is 0 Å². The van der Waals surface area contributed by atoms with E-state index in [1.54, 1.807) is 28.4 Å². The van der Waals surface area contributed by atoms with Gasteiger partial charge in [-0.2, -0.15) is 0 Å². The van der Waals surface area contributed by atoms with Crippen molar-refractivity contribution < 1.29 is 18.9 Å². The summed E-state index contributed by atoms with van der Waals surface area (Å²) in [4.78, 5) is 18.4. The number of aryl methyl sites for hydroxylation is 2. The van der Waals surface area contributed by atoms with E-state index in [2.05, 4.69) is 19.9 Å². The van der Waals surface area contributed by atoms with Crippen molar-refractivity contribution >= 4 is 43.4 Å². The number of hydrogen-bond acceptors (Lipinski definition) is 10. The summed E-state index contributed by atoms with van der Waals surface area (Å²) < 4.78 is 21.8. The average Bonchev–Trinajstić information content (AvgIpc) is 2.80. The lowest BCUT2D eigenvalue weighted by Crippen LogP contribution is -1.97. The lowest BCUT2D eigenvalue weighted by Gasteiger charge is -2.13. The topological polar surface area (TPSA) is 88.5 Å². The summed E-state index contributed by atoms with van der Waals surface area (Å²) in [6.45, 7) is 3.73. The fourth-order valence-electron chi connectivity index (χ4n) is 3.28. The van der Waals surface area contributed by atoms with E-state index in [-0.39, 0.29) is 0 Å². The molecular formula is C22H22N4O4S2. The maximum absolute atomic E-state index is 5.47. The van der Waals surface area contributed by atoms with E-state index in [1.807, 2.05) is 38.1 Å². The minimum atomic E-state index is 0.625. The van der Waals surface area contributed by atoms with Crippen molar-refractivity contribution in [3.8, 4) is 23.0 Å². The van der Waals surface area contributed by atoms with Gasteiger partial charge < -0.3 is 18.9 Å². The first-order valence-electron chi connectivity index (χ1n) is 9.62. The van der Waals surface area contributed by atoms with Crippen molar-refractivity contribution in [1.29, 1.82) is 0 Å². The molecule has 0 aliphatic rings. The highest BCUT2D eigenvalue weighted by molar-refractivity contribution is 8.76. The van der Waals surface area contributed by atoms with Gasteiger partial charge in [-0.25, -0.2) is 19.9 Å². The van der Waals surface area contributed by atoms with Crippen molar-refractivity contribution in [1.82, 2.24) is 19.9 Å². The molecule has 0 unspecified atom stereocenters. The van der Waals surface area contributed by atoms with E-state index in [9.17, 15) is 0 Å². The summed E-state index contributed by atoms with van der Waals surface area (Å²) in [5.41, 5.74) is 1.57. The molecule has 32 heavy (non-hydrogen) atoms. The van der Waals surface area contributed by atoms with Gasteiger partial charge >= 0.3 is 0 Å². The fourth-order valence-corrected chi connectivity index (χ4v) is 5.52. The first-order valence-corrected chi connectivity index (χ1v) is 11.8. The first kappa shape index (κ1) is 22.2. The van der Waals surface area contributed by atoms with Gasteiger partial charge in [-0.05, 0) is 47.6 Å². The Morgan fingerprint density at radius 2 is 0.875 bits per heavy atom.